The van der Waals surface area contributed by atoms with Gasteiger partial charge < -0.3 is 19.7 Å². The summed E-state index contributed by atoms with van der Waals surface area (Å²) in [6.45, 7) is 12.9. The first-order valence-corrected chi connectivity index (χ1v) is 15.0. The van der Waals surface area contributed by atoms with Crippen molar-refractivity contribution in [1.82, 2.24) is 0 Å². The molecule has 2 fully saturated rings. The highest BCUT2D eigenvalue weighted by atomic mass is 16.6. The molecule has 0 radical (unpaired) electrons. The summed E-state index contributed by atoms with van der Waals surface area (Å²) in [5, 5.41) is 23.0. The van der Waals surface area contributed by atoms with Crippen LogP contribution in [0.15, 0.2) is 59.8 Å². The predicted molar refractivity (Wildman–Crippen MR) is 156 cm³/mol. The van der Waals surface area contributed by atoms with Crippen molar-refractivity contribution in [2.75, 3.05) is 6.61 Å². The Hall–Kier alpha value is -2.77. The number of esters is 2. The minimum absolute atomic E-state index is 0.0363. The Kier molecular flexibility index (Phi) is 8.73. The van der Waals surface area contributed by atoms with E-state index < -0.39 is 70.2 Å². The van der Waals surface area contributed by atoms with Crippen molar-refractivity contribution in [2.24, 2.45) is 40.9 Å². The third-order valence-corrected chi connectivity index (χ3v) is 10.0. The largest absolute Gasteiger partial charge is 0.455 e. The summed E-state index contributed by atoms with van der Waals surface area (Å²) in [4.78, 5) is 39.5. The van der Waals surface area contributed by atoms with Crippen molar-refractivity contribution in [3.63, 3.8) is 0 Å². The van der Waals surface area contributed by atoms with E-state index >= 15 is 0 Å². The number of allylic oxidation sites excluding steroid dienone is 6. The van der Waals surface area contributed by atoms with Crippen molar-refractivity contribution in [1.29, 1.82) is 0 Å². The molecule has 0 heterocycles. The lowest BCUT2D eigenvalue weighted by atomic mass is 9.60. The van der Waals surface area contributed by atoms with E-state index in [1.54, 1.807) is 32.9 Å². The number of fused-ring (bicyclic) bond motifs is 5. The summed E-state index contributed by atoms with van der Waals surface area (Å²) in [6, 6.07) is 0. The van der Waals surface area contributed by atoms with Gasteiger partial charge in [-0.25, -0.2) is 4.79 Å². The van der Waals surface area contributed by atoms with Gasteiger partial charge in [0.2, 0.25) is 0 Å². The lowest BCUT2D eigenvalue weighted by molar-refractivity contribution is -0.219. The molecule has 0 aromatic heterocycles. The Bertz CT molecular complexity index is 1220. The van der Waals surface area contributed by atoms with Crippen molar-refractivity contribution in [3.05, 3.63) is 59.8 Å². The third kappa shape index (κ3) is 4.99. The fraction of sp³-hybridized carbons (Fsp3) is 0.618. The standard InChI is InChI=1S/C34H46O7/c1-8-9-10-11-12-13-14-15-27(36)40-30-22(5)33(39)25-16-21(4)28(37)24(25)17-23(19-35)18-26(33)29-32(6,7)34(29,30)41-31(38)20(2)3/h9-10,12-16,18,20,22,24-26,29-30,35,39H,8,11,17,19H2,1-7H3/b10-9-,13-12+,15-14-/t22-,24+,25-,26+,29-,30-,33+,34-/m1/s1. The van der Waals surface area contributed by atoms with Gasteiger partial charge in [0.25, 0.3) is 0 Å². The molecule has 0 amide bonds. The number of carbonyl (C=O) groups is 3. The Morgan fingerprint density at radius 1 is 1.12 bits per heavy atom. The first kappa shape index (κ1) is 31.2. The summed E-state index contributed by atoms with van der Waals surface area (Å²) < 4.78 is 12.5. The highest BCUT2D eigenvalue weighted by molar-refractivity contribution is 6.00. The molecule has 4 rings (SSSR count). The second kappa shape index (κ2) is 11.5. The Morgan fingerprint density at radius 3 is 2.46 bits per heavy atom. The van der Waals surface area contributed by atoms with Crippen LogP contribution in [-0.2, 0) is 23.9 Å². The molecule has 4 aliphatic rings. The monoisotopic (exact) mass is 566 g/mol. The van der Waals surface area contributed by atoms with Gasteiger partial charge in [-0.15, -0.1) is 0 Å². The van der Waals surface area contributed by atoms with Crippen molar-refractivity contribution >= 4 is 17.7 Å². The van der Waals surface area contributed by atoms with Gasteiger partial charge in [-0.2, -0.15) is 0 Å². The molecule has 0 saturated heterocycles. The van der Waals surface area contributed by atoms with Gasteiger partial charge in [0.1, 0.15) is 6.10 Å². The van der Waals surface area contributed by atoms with E-state index in [1.807, 2.05) is 45.1 Å². The summed E-state index contributed by atoms with van der Waals surface area (Å²) in [6.07, 6.45) is 15.7. The third-order valence-electron chi connectivity index (χ3n) is 10.0. The zero-order chi connectivity index (χ0) is 30.3. The molecule has 8 atom stereocenters. The predicted octanol–water partition coefficient (Wildman–Crippen LogP) is 5.04. The smallest absolute Gasteiger partial charge is 0.331 e. The summed E-state index contributed by atoms with van der Waals surface area (Å²) in [5.74, 6) is -4.07. The molecule has 41 heavy (non-hydrogen) atoms. The van der Waals surface area contributed by atoms with E-state index in [-0.39, 0.29) is 12.4 Å². The van der Waals surface area contributed by atoms with Crippen LogP contribution in [0, 0.1) is 40.9 Å². The first-order valence-electron chi connectivity index (χ1n) is 15.0. The fourth-order valence-electron chi connectivity index (χ4n) is 7.84. The van der Waals surface area contributed by atoms with E-state index in [2.05, 4.69) is 13.0 Å². The van der Waals surface area contributed by atoms with E-state index in [4.69, 9.17) is 9.47 Å². The SMILES string of the molecule is CC/C=C\C/C=C/C=C\C(=O)O[C@@H]1[C@@H](C)[C@]2(O)[C@@H]3C=C(C)C(=O)[C@H]3CC(CO)=C[C@H]2[C@@H]2C(C)(C)[C@]12OC(=O)C(C)C. The molecular weight excluding hydrogens is 520 g/mol. The van der Waals surface area contributed by atoms with Gasteiger partial charge in [0.15, 0.2) is 11.4 Å². The Morgan fingerprint density at radius 2 is 1.83 bits per heavy atom. The lowest BCUT2D eigenvalue weighted by Crippen LogP contribution is -2.63. The van der Waals surface area contributed by atoms with Gasteiger partial charge in [-0.1, -0.05) is 84.1 Å². The number of hydrogen-bond donors (Lipinski definition) is 2. The average molecular weight is 567 g/mol. The maximum Gasteiger partial charge on any atom is 0.331 e. The van der Waals surface area contributed by atoms with Crippen molar-refractivity contribution < 1.29 is 34.1 Å². The normalized spacial score (nSPS) is 37.5. The lowest BCUT2D eigenvalue weighted by Gasteiger charge is -2.52. The van der Waals surface area contributed by atoms with Crippen LogP contribution in [0.4, 0.5) is 0 Å². The van der Waals surface area contributed by atoms with Crippen LogP contribution in [0.25, 0.3) is 0 Å². The van der Waals surface area contributed by atoms with Crippen LogP contribution in [0.1, 0.15) is 67.7 Å². The molecule has 7 nitrogen and oxygen atoms in total. The van der Waals surface area contributed by atoms with Gasteiger partial charge in [0.05, 0.1) is 18.1 Å². The molecular formula is C34H46O7. The molecule has 0 spiro atoms. The molecule has 7 heteroatoms. The van der Waals surface area contributed by atoms with Crippen LogP contribution in [-0.4, -0.2) is 51.8 Å². The van der Waals surface area contributed by atoms with Gasteiger partial charge in [0, 0.05) is 41.1 Å². The van der Waals surface area contributed by atoms with Crippen molar-refractivity contribution in [2.45, 2.75) is 85.0 Å². The summed E-state index contributed by atoms with van der Waals surface area (Å²) in [7, 11) is 0. The number of Topliss-reactive ketones (excluding diaryl/α,β-unsaturated/α-hetero) is 1. The maximum absolute atomic E-state index is 13.2. The molecule has 4 aliphatic carbocycles. The average Bonchev–Trinajstić information content (AvgIpc) is 3.32. The molecule has 0 bridgehead atoms. The van der Waals surface area contributed by atoms with E-state index in [0.717, 1.165) is 12.8 Å². The molecule has 0 aromatic carbocycles. The van der Waals surface area contributed by atoms with Gasteiger partial charge >= 0.3 is 11.9 Å². The number of rotatable bonds is 9. The number of hydrogen-bond acceptors (Lipinski definition) is 7. The molecule has 0 aliphatic heterocycles. The van der Waals surface area contributed by atoms with Crippen LogP contribution in [0.5, 0.6) is 0 Å². The Labute approximate surface area is 244 Å². The fourth-order valence-corrected chi connectivity index (χ4v) is 7.84. The second-order valence-electron chi connectivity index (χ2n) is 13.1. The highest BCUT2D eigenvalue weighted by Crippen LogP contribution is 2.77. The topological polar surface area (TPSA) is 110 Å². The first-order chi connectivity index (χ1) is 19.3. The summed E-state index contributed by atoms with van der Waals surface area (Å²) in [5.41, 5.74) is -2.02. The minimum atomic E-state index is -1.47. The number of ketones is 1. The van der Waals surface area contributed by atoms with Gasteiger partial charge in [-0.05, 0) is 37.3 Å². The van der Waals surface area contributed by atoms with Crippen LogP contribution in [0.3, 0.4) is 0 Å². The number of aliphatic hydroxyl groups excluding tert-OH is 1. The minimum Gasteiger partial charge on any atom is -0.455 e. The highest BCUT2D eigenvalue weighted by Gasteiger charge is 2.87. The van der Waals surface area contributed by atoms with Crippen molar-refractivity contribution in [3.8, 4) is 0 Å². The molecule has 0 aromatic rings. The summed E-state index contributed by atoms with van der Waals surface area (Å²) >= 11 is 0. The molecule has 0 unspecified atom stereocenters. The van der Waals surface area contributed by atoms with E-state index in [9.17, 15) is 24.6 Å². The van der Waals surface area contributed by atoms with Crippen LogP contribution < -0.4 is 0 Å². The number of carbonyl (C=O) groups excluding carboxylic acids is 3. The zero-order valence-corrected chi connectivity index (χ0v) is 25.4. The maximum atomic E-state index is 13.2. The molecule has 224 valence electrons. The van der Waals surface area contributed by atoms with Crippen LogP contribution in [0.2, 0.25) is 0 Å². The second-order valence-corrected chi connectivity index (χ2v) is 13.1. The zero-order valence-electron chi connectivity index (χ0n) is 25.4. The van der Waals surface area contributed by atoms with Crippen LogP contribution >= 0.6 is 0 Å². The van der Waals surface area contributed by atoms with E-state index in [1.165, 1.54) is 6.08 Å². The van der Waals surface area contributed by atoms with Gasteiger partial charge in [-0.3, -0.25) is 9.59 Å². The number of aliphatic hydroxyl groups is 2. The molecule has 2 saturated carbocycles. The quantitative estimate of drug-likeness (QED) is 0.174. The number of ether oxygens (including phenoxy) is 2. The Balaban J connectivity index is 1.77. The van der Waals surface area contributed by atoms with E-state index in [0.29, 0.717) is 17.6 Å². The molecule has 2 N–H and O–H groups in total.